The molecule has 0 atom stereocenters. The first-order chi connectivity index (χ1) is 14.2. The summed E-state index contributed by atoms with van der Waals surface area (Å²) >= 11 is 7.08. The van der Waals surface area contributed by atoms with Crippen molar-refractivity contribution in [2.45, 2.75) is 11.9 Å². The summed E-state index contributed by atoms with van der Waals surface area (Å²) in [6.45, 7) is -0.783. The fourth-order valence-electron chi connectivity index (χ4n) is 2.79. The van der Waals surface area contributed by atoms with Gasteiger partial charge in [0, 0.05) is 21.7 Å². The van der Waals surface area contributed by atoms with Crippen LogP contribution in [0.5, 0.6) is 0 Å². The second-order valence-electron chi connectivity index (χ2n) is 6.15. The standard InChI is InChI=1S/C20H15ClF3NO4S/c1-30-10-13-12-4-2-3-5-16(12)29-18(13)19(27)28-9-17(26)25-15-7-6-11(21)8-14(15)20(22,23)24/h2-8H,9-10H2,1H3,(H,25,26). The lowest BCUT2D eigenvalue weighted by atomic mass is 10.1. The van der Waals surface area contributed by atoms with Crippen LogP contribution in [-0.2, 0) is 21.5 Å². The van der Waals surface area contributed by atoms with Crippen LogP contribution in [0.2, 0.25) is 5.02 Å². The number of esters is 1. The average Bonchev–Trinajstić information content (AvgIpc) is 3.06. The Morgan fingerprint density at radius 3 is 2.63 bits per heavy atom. The number of furan rings is 1. The molecule has 1 amide bonds. The van der Waals surface area contributed by atoms with Gasteiger partial charge in [0.05, 0.1) is 11.3 Å². The highest BCUT2D eigenvalue weighted by Gasteiger charge is 2.34. The number of amides is 1. The van der Waals surface area contributed by atoms with Crippen LogP contribution in [0.15, 0.2) is 46.9 Å². The van der Waals surface area contributed by atoms with Gasteiger partial charge in [-0.1, -0.05) is 29.8 Å². The number of alkyl halides is 3. The third-order valence-corrected chi connectivity index (χ3v) is 4.88. The molecule has 3 rings (SSSR count). The molecular formula is C20H15ClF3NO4S. The molecule has 0 radical (unpaired) electrons. The van der Waals surface area contributed by atoms with Crippen LogP contribution in [-0.4, -0.2) is 24.7 Å². The highest BCUT2D eigenvalue weighted by Crippen LogP contribution is 2.36. The second-order valence-corrected chi connectivity index (χ2v) is 7.45. The monoisotopic (exact) mass is 457 g/mol. The second kappa shape index (κ2) is 9.01. The normalized spacial score (nSPS) is 11.5. The van der Waals surface area contributed by atoms with E-state index in [0.29, 0.717) is 23.0 Å². The Hall–Kier alpha value is -2.65. The van der Waals surface area contributed by atoms with Crippen molar-refractivity contribution in [3.05, 3.63) is 64.4 Å². The van der Waals surface area contributed by atoms with Crippen molar-refractivity contribution in [1.82, 2.24) is 0 Å². The van der Waals surface area contributed by atoms with E-state index in [4.69, 9.17) is 20.8 Å². The summed E-state index contributed by atoms with van der Waals surface area (Å²) in [6, 6.07) is 9.99. The SMILES string of the molecule is CSCc1c(C(=O)OCC(=O)Nc2ccc(Cl)cc2C(F)(F)F)oc2ccccc12. The number of nitrogens with one attached hydrogen (secondary N) is 1. The molecule has 0 fully saturated rings. The van der Waals surface area contributed by atoms with Crippen LogP contribution in [0.4, 0.5) is 18.9 Å². The van der Waals surface area contributed by atoms with Gasteiger partial charge in [-0.25, -0.2) is 4.79 Å². The Balaban J connectivity index is 1.73. The van der Waals surface area contributed by atoms with Crippen molar-refractivity contribution in [2.24, 2.45) is 0 Å². The van der Waals surface area contributed by atoms with Crippen LogP contribution >= 0.6 is 23.4 Å². The summed E-state index contributed by atoms with van der Waals surface area (Å²) < 4.78 is 49.9. The minimum atomic E-state index is -4.72. The lowest BCUT2D eigenvalue weighted by Gasteiger charge is -2.14. The molecule has 30 heavy (non-hydrogen) atoms. The van der Waals surface area contributed by atoms with Gasteiger partial charge >= 0.3 is 12.1 Å². The molecule has 0 saturated carbocycles. The summed E-state index contributed by atoms with van der Waals surface area (Å²) in [7, 11) is 0. The van der Waals surface area contributed by atoms with E-state index >= 15 is 0 Å². The van der Waals surface area contributed by atoms with Crippen molar-refractivity contribution >= 4 is 51.9 Å². The van der Waals surface area contributed by atoms with Gasteiger partial charge in [0.2, 0.25) is 5.76 Å². The predicted molar refractivity (Wildman–Crippen MR) is 109 cm³/mol. The molecule has 0 aliphatic heterocycles. The van der Waals surface area contributed by atoms with Gasteiger partial charge in [0.25, 0.3) is 5.91 Å². The zero-order chi connectivity index (χ0) is 21.9. The Morgan fingerprint density at radius 2 is 1.93 bits per heavy atom. The van der Waals surface area contributed by atoms with E-state index in [2.05, 4.69) is 5.32 Å². The molecule has 0 saturated heterocycles. The molecule has 0 spiro atoms. The summed E-state index contributed by atoms with van der Waals surface area (Å²) in [6.07, 6.45) is -2.86. The molecule has 1 N–H and O–H groups in total. The topological polar surface area (TPSA) is 68.5 Å². The minimum Gasteiger partial charge on any atom is -0.450 e. The molecule has 0 aliphatic carbocycles. The number of ether oxygens (including phenoxy) is 1. The maximum absolute atomic E-state index is 13.1. The third-order valence-electron chi connectivity index (χ3n) is 4.07. The summed E-state index contributed by atoms with van der Waals surface area (Å²) in [5.74, 6) is -1.37. The highest BCUT2D eigenvalue weighted by atomic mass is 35.5. The smallest absolute Gasteiger partial charge is 0.418 e. The zero-order valence-electron chi connectivity index (χ0n) is 15.5. The summed E-state index contributed by atoms with van der Waals surface area (Å²) in [4.78, 5) is 24.5. The number of carbonyl (C=O) groups excluding carboxylic acids is 2. The molecular weight excluding hydrogens is 443 g/mol. The molecule has 0 aliphatic rings. The molecule has 158 valence electrons. The van der Waals surface area contributed by atoms with Crippen molar-refractivity contribution in [2.75, 3.05) is 18.2 Å². The highest BCUT2D eigenvalue weighted by molar-refractivity contribution is 7.97. The lowest BCUT2D eigenvalue weighted by molar-refractivity contribution is -0.137. The minimum absolute atomic E-state index is 0.0409. The van der Waals surface area contributed by atoms with Crippen LogP contribution < -0.4 is 5.32 Å². The van der Waals surface area contributed by atoms with E-state index in [0.717, 1.165) is 11.5 Å². The molecule has 10 heteroatoms. The van der Waals surface area contributed by atoms with E-state index in [1.54, 1.807) is 24.3 Å². The van der Waals surface area contributed by atoms with E-state index in [1.165, 1.54) is 17.8 Å². The molecule has 0 unspecified atom stereocenters. The molecule has 1 heterocycles. The fraction of sp³-hybridized carbons (Fsp3) is 0.200. The fourth-order valence-corrected chi connectivity index (χ4v) is 3.54. The van der Waals surface area contributed by atoms with Crippen LogP contribution in [0, 0.1) is 0 Å². The van der Waals surface area contributed by atoms with Crippen molar-refractivity contribution in [1.29, 1.82) is 0 Å². The van der Waals surface area contributed by atoms with Gasteiger partial charge in [-0.2, -0.15) is 24.9 Å². The lowest BCUT2D eigenvalue weighted by Crippen LogP contribution is -2.23. The number of halogens is 4. The first kappa shape index (κ1) is 22.0. The molecule has 2 aromatic carbocycles. The maximum atomic E-state index is 13.1. The Kier molecular flexibility index (Phi) is 6.62. The number of hydrogen-bond acceptors (Lipinski definition) is 5. The van der Waals surface area contributed by atoms with Gasteiger partial charge in [0.1, 0.15) is 5.58 Å². The summed E-state index contributed by atoms with van der Waals surface area (Å²) in [5, 5.41) is 2.71. The van der Waals surface area contributed by atoms with Crippen molar-refractivity contribution in [3.63, 3.8) is 0 Å². The number of para-hydroxylation sites is 1. The Bertz CT molecular complexity index is 1100. The summed E-state index contributed by atoms with van der Waals surface area (Å²) in [5.41, 5.74) is -0.469. The third kappa shape index (κ3) is 4.91. The van der Waals surface area contributed by atoms with E-state index < -0.39 is 35.9 Å². The zero-order valence-corrected chi connectivity index (χ0v) is 17.1. The molecule has 1 aromatic heterocycles. The van der Waals surface area contributed by atoms with Gasteiger partial charge < -0.3 is 14.5 Å². The van der Waals surface area contributed by atoms with E-state index in [1.807, 2.05) is 6.26 Å². The first-order valence-electron chi connectivity index (χ1n) is 8.53. The van der Waals surface area contributed by atoms with E-state index in [-0.39, 0.29) is 10.8 Å². The van der Waals surface area contributed by atoms with Gasteiger partial charge in [-0.3, -0.25) is 4.79 Å². The Labute approximate surface area is 178 Å². The van der Waals surface area contributed by atoms with E-state index in [9.17, 15) is 22.8 Å². The molecule has 0 bridgehead atoms. The van der Waals surface area contributed by atoms with Crippen molar-refractivity contribution in [3.8, 4) is 0 Å². The van der Waals surface area contributed by atoms with Crippen molar-refractivity contribution < 1.29 is 31.9 Å². The number of hydrogen-bond donors (Lipinski definition) is 1. The number of thioether (sulfide) groups is 1. The van der Waals surface area contributed by atoms with Gasteiger partial charge in [-0.05, 0) is 30.5 Å². The van der Waals surface area contributed by atoms with Gasteiger partial charge in [-0.15, -0.1) is 0 Å². The maximum Gasteiger partial charge on any atom is 0.418 e. The first-order valence-corrected chi connectivity index (χ1v) is 10.3. The number of anilines is 1. The average molecular weight is 458 g/mol. The molecule has 3 aromatic rings. The largest absolute Gasteiger partial charge is 0.450 e. The number of carbonyl (C=O) groups is 2. The number of benzene rings is 2. The predicted octanol–water partition coefficient (Wildman–Crippen LogP) is 5.76. The Morgan fingerprint density at radius 1 is 1.20 bits per heavy atom. The molecule has 5 nitrogen and oxygen atoms in total. The quantitative estimate of drug-likeness (QED) is 0.476. The van der Waals surface area contributed by atoms with Crippen LogP contribution in [0.1, 0.15) is 21.7 Å². The van der Waals surface area contributed by atoms with Gasteiger partial charge in [0.15, 0.2) is 6.61 Å². The van der Waals surface area contributed by atoms with Crippen LogP contribution in [0.3, 0.4) is 0 Å². The number of fused-ring (bicyclic) bond motifs is 1. The van der Waals surface area contributed by atoms with Crippen LogP contribution in [0.25, 0.3) is 11.0 Å². The number of rotatable bonds is 6.